The SMILES string of the molecule is CC(CN)CNc1nnnn1-c1ccccc1. The van der Waals surface area contributed by atoms with Gasteiger partial charge in [0.05, 0.1) is 5.69 Å². The average Bonchev–Trinajstić information content (AvgIpc) is 2.85. The Morgan fingerprint density at radius 2 is 2.12 bits per heavy atom. The Morgan fingerprint density at radius 1 is 1.35 bits per heavy atom. The standard InChI is InChI=1S/C11H16N6/c1-9(7-12)8-13-11-14-15-16-17(11)10-5-3-2-4-6-10/h2-6,9H,7-8,12H2,1H3,(H,13,14,16). The molecular formula is C11H16N6. The zero-order valence-electron chi connectivity index (χ0n) is 9.74. The fourth-order valence-electron chi connectivity index (χ4n) is 1.39. The lowest BCUT2D eigenvalue weighted by Gasteiger charge is -2.10. The monoisotopic (exact) mass is 232 g/mol. The van der Waals surface area contributed by atoms with Crippen molar-refractivity contribution in [3.63, 3.8) is 0 Å². The van der Waals surface area contributed by atoms with E-state index in [2.05, 4.69) is 27.8 Å². The lowest BCUT2D eigenvalue weighted by molar-refractivity contribution is 0.623. The summed E-state index contributed by atoms with van der Waals surface area (Å²) in [5.41, 5.74) is 6.49. The molecule has 1 unspecified atom stereocenters. The number of rotatable bonds is 5. The molecule has 0 fully saturated rings. The van der Waals surface area contributed by atoms with Crippen LogP contribution in [0.2, 0.25) is 0 Å². The van der Waals surface area contributed by atoms with Crippen LogP contribution < -0.4 is 11.1 Å². The smallest absolute Gasteiger partial charge is 0.247 e. The molecule has 2 aromatic rings. The van der Waals surface area contributed by atoms with Gasteiger partial charge in [0.25, 0.3) is 0 Å². The molecule has 0 spiro atoms. The highest BCUT2D eigenvalue weighted by molar-refractivity contribution is 5.38. The molecule has 1 aromatic heterocycles. The summed E-state index contributed by atoms with van der Waals surface area (Å²) in [6.45, 7) is 3.47. The van der Waals surface area contributed by atoms with E-state index in [1.807, 2.05) is 30.3 Å². The van der Waals surface area contributed by atoms with E-state index in [-0.39, 0.29) is 0 Å². The van der Waals surface area contributed by atoms with Crippen molar-refractivity contribution in [2.75, 3.05) is 18.4 Å². The van der Waals surface area contributed by atoms with Crippen molar-refractivity contribution in [2.45, 2.75) is 6.92 Å². The quantitative estimate of drug-likeness (QED) is 0.791. The van der Waals surface area contributed by atoms with Gasteiger partial charge in [0.1, 0.15) is 0 Å². The second-order valence-electron chi connectivity index (χ2n) is 3.97. The molecule has 0 bridgehead atoms. The van der Waals surface area contributed by atoms with Gasteiger partial charge in [-0.2, -0.15) is 4.68 Å². The number of hydrogen-bond donors (Lipinski definition) is 2. The van der Waals surface area contributed by atoms with Crippen LogP contribution >= 0.6 is 0 Å². The summed E-state index contributed by atoms with van der Waals surface area (Å²) in [6.07, 6.45) is 0. The summed E-state index contributed by atoms with van der Waals surface area (Å²) in [7, 11) is 0. The largest absolute Gasteiger partial charge is 0.352 e. The molecule has 0 aliphatic rings. The molecule has 6 nitrogen and oxygen atoms in total. The Bertz CT molecular complexity index is 452. The minimum atomic E-state index is 0.385. The first-order chi connectivity index (χ1) is 8.31. The van der Waals surface area contributed by atoms with Crippen molar-refractivity contribution in [1.29, 1.82) is 0 Å². The van der Waals surface area contributed by atoms with Gasteiger partial charge in [0, 0.05) is 6.54 Å². The van der Waals surface area contributed by atoms with E-state index in [0.29, 0.717) is 18.4 Å². The third-order valence-corrected chi connectivity index (χ3v) is 2.48. The van der Waals surface area contributed by atoms with Crippen LogP contribution in [0.25, 0.3) is 5.69 Å². The van der Waals surface area contributed by atoms with Gasteiger partial charge in [-0.25, -0.2) is 0 Å². The maximum atomic E-state index is 5.56. The Morgan fingerprint density at radius 3 is 2.82 bits per heavy atom. The van der Waals surface area contributed by atoms with Crippen LogP contribution in [-0.4, -0.2) is 33.3 Å². The van der Waals surface area contributed by atoms with Crippen LogP contribution in [0.4, 0.5) is 5.95 Å². The molecule has 6 heteroatoms. The maximum absolute atomic E-state index is 5.56. The molecule has 0 aliphatic carbocycles. The van der Waals surface area contributed by atoms with Crippen molar-refractivity contribution in [3.8, 4) is 5.69 Å². The molecule has 17 heavy (non-hydrogen) atoms. The number of tetrazole rings is 1. The summed E-state index contributed by atoms with van der Waals surface area (Å²) in [4.78, 5) is 0. The van der Waals surface area contributed by atoms with Gasteiger partial charge in [-0.05, 0) is 35.0 Å². The molecule has 0 aliphatic heterocycles. The van der Waals surface area contributed by atoms with E-state index in [0.717, 1.165) is 12.2 Å². The molecule has 0 amide bonds. The number of benzene rings is 1. The molecule has 2 rings (SSSR count). The number of anilines is 1. The third kappa shape index (κ3) is 2.79. The summed E-state index contributed by atoms with van der Waals surface area (Å²) in [5.74, 6) is 1.02. The molecule has 0 saturated heterocycles. The van der Waals surface area contributed by atoms with Gasteiger partial charge >= 0.3 is 0 Å². The van der Waals surface area contributed by atoms with Gasteiger partial charge in [-0.3, -0.25) is 0 Å². The first-order valence-electron chi connectivity index (χ1n) is 5.59. The Balaban J connectivity index is 2.12. The molecule has 1 aromatic carbocycles. The Hall–Kier alpha value is -1.95. The highest BCUT2D eigenvalue weighted by Crippen LogP contribution is 2.10. The number of para-hydroxylation sites is 1. The van der Waals surface area contributed by atoms with Crippen LogP contribution in [-0.2, 0) is 0 Å². The van der Waals surface area contributed by atoms with Gasteiger partial charge in [-0.15, -0.1) is 0 Å². The number of nitrogens with two attached hydrogens (primary N) is 1. The molecule has 3 N–H and O–H groups in total. The fourth-order valence-corrected chi connectivity index (χ4v) is 1.39. The van der Waals surface area contributed by atoms with Crippen molar-refractivity contribution in [3.05, 3.63) is 30.3 Å². The summed E-state index contributed by atoms with van der Waals surface area (Å²) >= 11 is 0. The van der Waals surface area contributed by atoms with E-state index in [1.54, 1.807) is 4.68 Å². The van der Waals surface area contributed by atoms with Crippen molar-refractivity contribution < 1.29 is 0 Å². The minimum absolute atomic E-state index is 0.385. The number of nitrogens with zero attached hydrogens (tertiary/aromatic N) is 4. The first-order valence-corrected chi connectivity index (χ1v) is 5.59. The zero-order chi connectivity index (χ0) is 12.1. The predicted octanol–water partition coefficient (Wildman–Crippen LogP) is 0.669. The molecule has 1 atom stereocenters. The lowest BCUT2D eigenvalue weighted by atomic mass is 10.2. The van der Waals surface area contributed by atoms with E-state index in [1.165, 1.54) is 0 Å². The maximum Gasteiger partial charge on any atom is 0.247 e. The average molecular weight is 232 g/mol. The highest BCUT2D eigenvalue weighted by Gasteiger charge is 2.08. The topological polar surface area (TPSA) is 81.7 Å². The normalized spacial score (nSPS) is 12.4. The van der Waals surface area contributed by atoms with Crippen LogP contribution in [0.3, 0.4) is 0 Å². The van der Waals surface area contributed by atoms with E-state index in [9.17, 15) is 0 Å². The zero-order valence-corrected chi connectivity index (χ0v) is 9.74. The molecule has 90 valence electrons. The lowest BCUT2D eigenvalue weighted by Crippen LogP contribution is -2.21. The predicted molar refractivity (Wildman–Crippen MR) is 65.9 cm³/mol. The third-order valence-electron chi connectivity index (χ3n) is 2.48. The second kappa shape index (κ2) is 5.40. The number of aromatic nitrogens is 4. The van der Waals surface area contributed by atoms with Crippen LogP contribution in [0.15, 0.2) is 30.3 Å². The van der Waals surface area contributed by atoms with Gasteiger partial charge in [-0.1, -0.05) is 30.2 Å². The molecule has 0 saturated carbocycles. The molecular weight excluding hydrogens is 216 g/mol. The Kier molecular flexibility index (Phi) is 3.66. The van der Waals surface area contributed by atoms with Gasteiger partial charge in [0.2, 0.25) is 5.95 Å². The summed E-state index contributed by atoms with van der Waals surface area (Å²) in [6, 6.07) is 9.76. The van der Waals surface area contributed by atoms with Gasteiger partial charge in [0.15, 0.2) is 0 Å². The van der Waals surface area contributed by atoms with Crippen LogP contribution in [0.1, 0.15) is 6.92 Å². The van der Waals surface area contributed by atoms with Crippen molar-refractivity contribution in [2.24, 2.45) is 11.7 Å². The minimum Gasteiger partial charge on any atom is -0.352 e. The van der Waals surface area contributed by atoms with Crippen molar-refractivity contribution in [1.82, 2.24) is 20.2 Å². The first kappa shape index (κ1) is 11.5. The Labute approximate surface area is 99.8 Å². The summed E-state index contributed by atoms with van der Waals surface area (Å²) < 4.78 is 1.67. The van der Waals surface area contributed by atoms with Crippen LogP contribution in [0.5, 0.6) is 0 Å². The molecule has 0 radical (unpaired) electrons. The number of nitrogens with one attached hydrogen (secondary N) is 1. The van der Waals surface area contributed by atoms with E-state index >= 15 is 0 Å². The van der Waals surface area contributed by atoms with E-state index < -0.39 is 0 Å². The summed E-state index contributed by atoms with van der Waals surface area (Å²) in [5, 5.41) is 14.8. The van der Waals surface area contributed by atoms with E-state index in [4.69, 9.17) is 5.73 Å². The number of hydrogen-bond acceptors (Lipinski definition) is 5. The van der Waals surface area contributed by atoms with Crippen LogP contribution in [0, 0.1) is 5.92 Å². The highest BCUT2D eigenvalue weighted by atomic mass is 15.6. The van der Waals surface area contributed by atoms with Gasteiger partial charge < -0.3 is 11.1 Å². The van der Waals surface area contributed by atoms with Crippen molar-refractivity contribution >= 4 is 5.95 Å². The molecule has 1 heterocycles. The second-order valence-corrected chi connectivity index (χ2v) is 3.97. The fraction of sp³-hybridized carbons (Fsp3) is 0.364.